The second-order valence-electron chi connectivity index (χ2n) is 8.12. The van der Waals surface area contributed by atoms with Crippen molar-refractivity contribution < 1.29 is 0 Å². The molecule has 0 bridgehead atoms. The molecular weight excluding hydrogens is 336 g/mol. The van der Waals surface area contributed by atoms with Crippen LogP contribution in [0.4, 0.5) is 0 Å². The van der Waals surface area contributed by atoms with Crippen LogP contribution in [0.5, 0.6) is 0 Å². The Morgan fingerprint density at radius 1 is 0.643 bits per heavy atom. The van der Waals surface area contributed by atoms with Crippen molar-refractivity contribution in [1.29, 1.82) is 0 Å². The molecule has 2 atom stereocenters. The van der Waals surface area contributed by atoms with Crippen molar-refractivity contribution in [3.05, 3.63) is 107 Å². The Hall–Kier alpha value is -3.12. The summed E-state index contributed by atoms with van der Waals surface area (Å²) in [6, 6.07) is 26.8. The highest BCUT2D eigenvalue weighted by Crippen LogP contribution is 2.43. The fraction of sp³-hybridized carbons (Fsp3) is 0.143. The summed E-state index contributed by atoms with van der Waals surface area (Å²) in [4.78, 5) is 0. The summed E-state index contributed by atoms with van der Waals surface area (Å²) in [6.07, 6.45) is 11.8. The van der Waals surface area contributed by atoms with Gasteiger partial charge < -0.3 is 0 Å². The summed E-state index contributed by atoms with van der Waals surface area (Å²) < 4.78 is 0. The quantitative estimate of drug-likeness (QED) is 0.333. The Labute approximate surface area is 165 Å². The van der Waals surface area contributed by atoms with Gasteiger partial charge in [0.1, 0.15) is 0 Å². The van der Waals surface area contributed by atoms with Crippen LogP contribution < -0.4 is 0 Å². The van der Waals surface area contributed by atoms with E-state index >= 15 is 0 Å². The van der Waals surface area contributed by atoms with Crippen molar-refractivity contribution in [3.8, 4) is 0 Å². The van der Waals surface area contributed by atoms with E-state index < -0.39 is 0 Å². The van der Waals surface area contributed by atoms with E-state index in [0.717, 1.165) is 12.8 Å². The maximum absolute atomic E-state index is 2.47. The van der Waals surface area contributed by atoms with Crippen LogP contribution in [0.15, 0.2) is 84.9 Å². The molecule has 0 amide bonds. The lowest BCUT2D eigenvalue weighted by molar-refractivity contribution is 0.503. The monoisotopic (exact) mass is 358 g/mol. The van der Waals surface area contributed by atoms with Gasteiger partial charge in [-0.3, -0.25) is 0 Å². The van der Waals surface area contributed by atoms with E-state index in [1.807, 2.05) is 0 Å². The van der Waals surface area contributed by atoms with E-state index in [9.17, 15) is 0 Å². The Morgan fingerprint density at radius 3 is 2.18 bits per heavy atom. The molecule has 2 unspecified atom stereocenters. The third-order valence-electron chi connectivity index (χ3n) is 6.62. The lowest BCUT2D eigenvalue weighted by Crippen LogP contribution is -2.18. The summed E-state index contributed by atoms with van der Waals surface area (Å²) in [7, 11) is 0. The number of benzene rings is 4. The first-order chi connectivity index (χ1) is 13.9. The van der Waals surface area contributed by atoms with Crippen molar-refractivity contribution in [2.24, 2.45) is 5.92 Å². The largest absolute Gasteiger partial charge is 0.0833 e. The minimum absolute atomic E-state index is 0.554. The van der Waals surface area contributed by atoms with Gasteiger partial charge in [-0.1, -0.05) is 97.1 Å². The average Bonchev–Trinajstić information content (AvgIpc) is 2.78. The fourth-order valence-electron chi connectivity index (χ4n) is 5.22. The molecule has 0 aromatic heterocycles. The molecule has 0 saturated heterocycles. The van der Waals surface area contributed by atoms with Crippen LogP contribution in [0.2, 0.25) is 0 Å². The summed E-state index contributed by atoms with van der Waals surface area (Å²) >= 11 is 0. The first kappa shape index (κ1) is 15.9. The second-order valence-corrected chi connectivity index (χ2v) is 8.12. The highest BCUT2D eigenvalue weighted by molar-refractivity contribution is 5.94. The smallest absolute Gasteiger partial charge is 0.00549 e. The average molecular weight is 358 g/mol. The maximum Gasteiger partial charge on any atom is -0.00549 e. The Balaban J connectivity index is 1.43. The van der Waals surface area contributed by atoms with E-state index in [2.05, 4.69) is 97.1 Å². The van der Waals surface area contributed by atoms with Gasteiger partial charge in [-0.15, -0.1) is 0 Å². The highest BCUT2D eigenvalue weighted by Gasteiger charge is 2.28. The molecule has 0 heteroatoms. The molecule has 2 aliphatic carbocycles. The zero-order chi connectivity index (χ0) is 18.5. The van der Waals surface area contributed by atoms with E-state index in [-0.39, 0.29) is 0 Å². The molecule has 0 spiro atoms. The predicted octanol–water partition coefficient (Wildman–Crippen LogP) is 7.38. The van der Waals surface area contributed by atoms with Gasteiger partial charge in [-0.2, -0.15) is 0 Å². The van der Waals surface area contributed by atoms with Crippen molar-refractivity contribution in [2.45, 2.75) is 18.8 Å². The van der Waals surface area contributed by atoms with Crippen LogP contribution in [-0.4, -0.2) is 0 Å². The molecule has 0 heterocycles. The Kier molecular flexibility index (Phi) is 3.52. The minimum Gasteiger partial charge on any atom is -0.0833 e. The molecular formula is C28H22. The Bertz CT molecular complexity index is 1270. The molecule has 2 aliphatic rings. The highest BCUT2D eigenvalue weighted by atomic mass is 14.3. The number of fused-ring (bicyclic) bond motifs is 6. The van der Waals surface area contributed by atoms with Gasteiger partial charge in [0, 0.05) is 0 Å². The van der Waals surface area contributed by atoms with Crippen LogP contribution in [-0.2, 0) is 6.42 Å². The third-order valence-corrected chi connectivity index (χ3v) is 6.62. The molecule has 0 N–H and O–H groups in total. The van der Waals surface area contributed by atoms with Crippen LogP contribution in [0.1, 0.15) is 34.6 Å². The zero-order valence-corrected chi connectivity index (χ0v) is 15.8. The molecule has 0 saturated carbocycles. The molecule has 6 rings (SSSR count). The van der Waals surface area contributed by atoms with E-state index in [1.54, 1.807) is 0 Å². The maximum atomic E-state index is 2.47. The van der Waals surface area contributed by atoms with Gasteiger partial charge >= 0.3 is 0 Å². The van der Waals surface area contributed by atoms with Crippen molar-refractivity contribution >= 4 is 33.7 Å². The molecule has 4 aromatic carbocycles. The molecule has 134 valence electrons. The zero-order valence-electron chi connectivity index (χ0n) is 15.8. The van der Waals surface area contributed by atoms with E-state index in [4.69, 9.17) is 0 Å². The van der Waals surface area contributed by atoms with Gasteiger partial charge in [0.25, 0.3) is 0 Å². The number of rotatable bonds is 1. The first-order valence-electron chi connectivity index (χ1n) is 10.3. The minimum atomic E-state index is 0.554. The van der Waals surface area contributed by atoms with Gasteiger partial charge in [-0.05, 0) is 68.5 Å². The molecule has 0 radical (unpaired) electrons. The van der Waals surface area contributed by atoms with Gasteiger partial charge in [-0.25, -0.2) is 0 Å². The standard InChI is InChI=1S/C28H22/c1-3-8-23-19(6-1)12-13-21-18-22(15-16-26(21)23)25-10-5-11-27-24-9-4-2-7-20(24)14-17-28(25)27/h1-9,11-17,22,25H,10,18H2. The Morgan fingerprint density at radius 2 is 1.36 bits per heavy atom. The third kappa shape index (κ3) is 2.38. The summed E-state index contributed by atoms with van der Waals surface area (Å²) in [5.41, 5.74) is 5.84. The van der Waals surface area contributed by atoms with Crippen molar-refractivity contribution in [1.82, 2.24) is 0 Å². The molecule has 0 nitrogen and oxygen atoms in total. The summed E-state index contributed by atoms with van der Waals surface area (Å²) in [5.74, 6) is 1.11. The van der Waals surface area contributed by atoms with Gasteiger partial charge in [0.05, 0.1) is 0 Å². The first-order valence-corrected chi connectivity index (χ1v) is 10.3. The SMILES string of the molecule is C1=Cc2c(ccc3ccccc23)C(C2C=Cc3c(ccc4ccccc34)C2)C1. The van der Waals surface area contributed by atoms with Crippen molar-refractivity contribution in [2.75, 3.05) is 0 Å². The second kappa shape index (κ2) is 6.21. The topological polar surface area (TPSA) is 0 Å². The van der Waals surface area contributed by atoms with Crippen LogP contribution in [0, 0.1) is 5.92 Å². The summed E-state index contributed by atoms with van der Waals surface area (Å²) in [6.45, 7) is 0. The molecule has 0 aliphatic heterocycles. The normalized spacial score (nSPS) is 20.3. The fourth-order valence-corrected chi connectivity index (χ4v) is 5.22. The van der Waals surface area contributed by atoms with Crippen LogP contribution in [0.25, 0.3) is 33.7 Å². The lowest BCUT2D eigenvalue weighted by Gasteiger charge is -2.31. The lowest BCUT2D eigenvalue weighted by atomic mass is 9.72. The predicted molar refractivity (Wildman–Crippen MR) is 121 cm³/mol. The van der Waals surface area contributed by atoms with Gasteiger partial charge in [0.2, 0.25) is 0 Å². The molecule has 28 heavy (non-hydrogen) atoms. The van der Waals surface area contributed by atoms with Crippen molar-refractivity contribution in [3.63, 3.8) is 0 Å². The molecule has 0 fully saturated rings. The number of allylic oxidation sites excluding steroid dienone is 2. The number of hydrogen-bond acceptors (Lipinski definition) is 0. The van der Waals surface area contributed by atoms with Crippen LogP contribution >= 0.6 is 0 Å². The van der Waals surface area contributed by atoms with Crippen LogP contribution in [0.3, 0.4) is 0 Å². The van der Waals surface area contributed by atoms with E-state index in [1.165, 1.54) is 43.8 Å². The van der Waals surface area contributed by atoms with E-state index in [0.29, 0.717) is 11.8 Å². The number of hydrogen-bond donors (Lipinski definition) is 0. The van der Waals surface area contributed by atoms with Gasteiger partial charge in [0.15, 0.2) is 0 Å². The molecule has 4 aromatic rings. The summed E-state index contributed by atoms with van der Waals surface area (Å²) in [5, 5.41) is 5.43.